The lowest BCUT2D eigenvalue weighted by molar-refractivity contribution is -0.122. The second-order valence-electron chi connectivity index (χ2n) is 8.28. The smallest absolute Gasteiger partial charge is 0.265 e. The molecule has 9 nitrogen and oxygen atoms in total. The first-order valence-electron chi connectivity index (χ1n) is 11.3. The van der Waals surface area contributed by atoms with Gasteiger partial charge >= 0.3 is 0 Å². The van der Waals surface area contributed by atoms with Gasteiger partial charge in [0.1, 0.15) is 5.75 Å². The molecule has 34 heavy (non-hydrogen) atoms. The van der Waals surface area contributed by atoms with E-state index in [1.807, 2.05) is 6.07 Å². The number of nitrogens with one attached hydrogen (secondary N) is 1. The van der Waals surface area contributed by atoms with Crippen LogP contribution in [0, 0.1) is 11.3 Å². The molecule has 0 aliphatic carbocycles. The quantitative estimate of drug-likeness (QED) is 0.643. The molecule has 2 aromatic carbocycles. The highest BCUT2D eigenvalue weighted by atomic mass is 32.2. The van der Waals surface area contributed by atoms with Crippen molar-refractivity contribution in [3.05, 3.63) is 48.0 Å². The number of amides is 1. The second-order valence-corrected chi connectivity index (χ2v) is 10.2. The summed E-state index contributed by atoms with van der Waals surface area (Å²) in [6.07, 6.45) is 1.25. The number of nitrogens with zero attached hydrogens (tertiary/aromatic N) is 3. The van der Waals surface area contributed by atoms with Crippen LogP contribution in [0.2, 0.25) is 0 Å². The molecule has 0 aromatic heterocycles. The third-order valence-corrected chi connectivity index (χ3v) is 7.84. The first kappa shape index (κ1) is 24.0. The Balaban J connectivity index is 1.56. The SMILES string of the molecule is C[C@H](Oc1ccc(C#N)cc1)C(=O)Nc1cc(S(=O)(=O)N2CCOCC2)ccc1N1CCCC1. The molecule has 1 atom stereocenters. The Kier molecular flexibility index (Phi) is 7.36. The first-order chi connectivity index (χ1) is 16.4. The largest absolute Gasteiger partial charge is 0.481 e. The minimum atomic E-state index is -3.71. The van der Waals surface area contributed by atoms with Crippen molar-refractivity contribution in [2.24, 2.45) is 0 Å². The normalized spacial score (nSPS) is 17.7. The van der Waals surface area contributed by atoms with Crippen LogP contribution in [0.3, 0.4) is 0 Å². The van der Waals surface area contributed by atoms with Gasteiger partial charge in [-0.05, 0) is 62.2 Å². The summed E-state index contributed by atoms with van der Waals surface area (Å²) in [6.45, 7) is 4.63. The summed E-state index contributed by atoms with van der Waals surface area (Å²) in [5.41, 5.74) is 1.73. The summed E-state index contributed by atoms with van der Waals surface area (Å²) in [7, 11) is -3.71. The number of benzene rings is 2. The second kappa shape index (κ2) is 10.4. The molecule has 4 rings (SSSR count). The number of rotatable bonds is 7. The number of sulfonamides is 1. The molecule has 10 heteroatoms. The first-order valence-corrected chi connectivity index (χ1v) is 12.8. The zero-order valence-electron chi connectivity index (χ0n) is 19.1. The maximum absolute atomic E-state index is 13.2. The molecule has 2 saturated heterocycles. The minimum Gasteiger partial charge on any atom is -0.481 e. The number of ether oxygens (including phenoxy) is 2. The fourth-order valence-corrected chi connectivity index (χ4v) is 5.48. The van der Waals surface area contributed by atoms with E-state index in [0.717, 1.165) is 31.6 Å². The average Bonchev–Trinajstić information content (AvgIpc) is 3.40. The van der Waals surface area contributed by atoms with E-state index in [4.69, 9.17) is 14.7 Å². The van der Waals surface area contributed by atoms with Gasteiger partial charge in [-0.1, -0.05) is 0 Å². The fourth-order valence-electron chi connectivity index (χ4n) is 4.05. The number of hydrogen-bond donors (Lipinski definition) is 1. The molecule has 2 aliphatic heterocycles. The number of carbonyl (C=O) groups excluding carboxylic acids is 1. The summed E-state index contributed by atoms with van der Waals surface area (Å²) >= 11 is 0. The highest BCUT2D eigenvalue weighted by Crippen LogP contribution is 2.33. The Morgan fingerprint density at radius 3 is 2.41 bits per heavy atom. The zero-order chi connectivity index (χ0) is 24.1. The van der Waals surface area contributed by atoms with Gasteiger partial charge in [-0.3, -0.25) is 4.79 Å². The van der Waals surface area contributed by atoms with Crippen LogP contribution in [-0.4, -0.2) is 64.1 Å². The lowest BCUT2D eigenvalue weighted by Crippen LogP contribution is -2.40. The molecule has 2 aliphatic rings. The molecule has 1 N–H and O–H groups in total. The molecule has 0 radical (unpaired) electrons. The Bertz CT molecular complexity index is 1160. The van der Waals surface area contributed by atoms with Crippen LogP contribution < -0.4 is 15.0 Å². The number of morpholine rings is 1. The summed E-state index contributed by atoms with van der Waals surface area (Å²) in [4.78, 5) is 15.3. The van der Waals surface area contributed by atoms with E-state index >= 15 is 0 Å². The van der Waals surface area contributed by atoms with Crippen molar-refractivity contribution < 1.29 is 22.7 Å². The van der Waals surface area contributed by atoms with Crippen molar-refractivity contribution in [1.29, 1.82) is 5.26 Å². The number of nitriles is 1. The van der Waals surface area contributed by atoms with Gasteiger partial charge in [-0.15, -0.1) is 0 Å². The standard InChI is InChI=1S/C24H28N4O5S/c1-18(33-20-6-4-19(17-25)5-7-20)24(29)26-22-16-21(8-9-23(22)27-10-2-3-11-27)34(30,31)28-12-14-32-15-13-28/h4-9,16,18H,2-3,10-15H2,1H3,(H,26,29)/t18-/m0/s1. The highest BCUT2D eigenvalue weighted by Gasteiger charge is 2.28. The predicted molar refractivity (Wildman–Crippen MR) is 127 cm³/mol. The molecule has 2 aromatic rings. The Morgan fingerprint density at radius 1 is 1.09 bits per heavy atom. The van der Waals surface area contributed by atoms with Crippen LogP contribution in [-0.2, 0) is 19.6 Å². The van der Waals surface area contributed by atoms with Crippen LogP contribution in [0.4, 0.5) is 11.4 Å². The molecule has 0 unspecified atom stereocenters. The molecule has 0 saturated carbocycles. The van der Waals surface area contributed by atoms with Crippen molar-refractivity contribution >= 4 is 27.3 Å². The molecule has 0 bridgehead atoms. The summed E-state index contributed by atoms with van der Waals surface area (Å²) < 4.78 is 38.8. The molecule has 2 fully saturated rings. The molecule has 1 amide bonds. The van der Waals surface area contributed by atoms with Crippen molar-refractivity contribution in [2.75, 3.05) is 49.6 Å². The summed E-state index contributed by atoms with van der Waals surface area (Å²) in [6, 6.07) is 13.4. The van der Waals surface area contributed by atoms with E-state index in [1.54, 1.807) is 43.3 Å². The summed E-state index contributed by atoms with van der Waals surface area (Å²) in [5.74, 6) is 0.0655. The molecule has 2 heterocycles. The van der Waals surface area contributed by atoms with E-state index in [1.165, 1.54) is 10.4 Å². The lowest BCUT2D eigenvalue weighted by Gasteiger charge is -2.27. The predicted octanol–water partition coefficient (Wildman–Crippen LogP) is 2.59. The fraction of sp³-hybridized carbons (Fsp3) is 0.417. The van der Waals surface area contributed by atoms with E-state index in [-0.39, 0.29) is 4.90 Å². The van der Waals surface area contributed by atoms with E-state index in [0.29, 0.717) is 43.3 Å². The molecule has 0 spiro atoms. The monoisotopic (exact) mass is 484 g/mol. The van der Waals surface area contributed by atoms with Crippen LogP contribution in [0.25, 0.3) is 0 Å². The third-order valence-electron chi connectivity index (χ3n) is 5.95. The van der Waals surface area contributed by atoms with Gasteiger partial charge in [0, 0.05) is 26.2 Å². The molecule has 180 valence electrons. The van der Waals surface area contributed by atoms with Crippen LogP contribution in [0.5, 0.6) is 5.75 Å². The van der Waals surface area contributed by atoms with Crippen molar-refractivity contribution in [3.8, 4) is 11.8 Å². The Hall–Kier alpha value is -3.13. The Labute approximate surface area is 199 Å². The topological polar surface area (TPSA) is 112 Å². The van der Waals surface area contributed by atoms with E-state index < -0.39 is 22.0 Å². The Morgan fingerprint density at radius 2 is 1.76 bits per heavy atom. The molecular weight excluding hydrogens is 456 g/mol. The maximum Gasteiger partial charge on any atom is 0.265 e. The van der Waals surface area contributed by atoms with Crippen LogP contribution in [0.1, 0.15) is 25.3 Å². The molecular formula is C24H28N4O5S. The zero-order valence-corrected chi connectivity index (χ0v) is 19.9. The minimum absolute atomic E-state index is 0.133. The van der Waals surface area contributed by atoms with Crippen molar-refractivity contribution in [1.82, 2.24) is 4.31 Å². The van der Waals surface area contributed by atoms with Crippen LogP contribution in [0.15, 0.2) is 47.4 Å². The lowest BCUT2D eigenvalue weighted by atomic mass is 10.2. The van der Waals surface area contributed by atoms with Crippen molar-refractivity contribution in [3.63, 3.8) is 0 Å². The van der Waals surface area contributed by atoms with E-state index in [2.05, 4.69) is 10.2 Å². The average molecular weight is 485 g/mol. The number of anilines is 2. The van der Waals surface area contributed by atoms with Gasteiger partial charge in [-0.2, -0.15) is 9.57 Å². The number of carbonyl (C=O) groups is 1. The highest BCUT2D eigenvalue weighted by molar-refractivity contribution is 7.89. The van der Waals surface area contributed by atoms with Crippen LogP contribution >= 0.6 is 0 Å². The van der Waals surface area contributed by atoms with Gasteiger partial charge in [0.15, 0.2) is 6.10 Å². The van der Waals surface area contributed by atoms with E-state index in [9.17, 15) is 13.2 Å². The van der Waals surface area contributed by atoms with Gasteiger partial charge in [0.05, 0.1) is 41.1 Å². The van der Waals surface area contributed by atoms with Gasteiger partial charge in [0.2, 0.25) is 10.0 Å². The van der Waals surface area contributed by atoms with Crippen molar-refractivity contribution in [2.45, 2.75) is 30.8 Å². The van der Waals surface area contributed by atoms with Gasteiger partial charge in [0.25, 0.3) is 5.91 Å². The number of hydrogen-bond acceptors (Lipinski definition) is 7. The van der Waals surface area contributed by atoms with Gasteiger partial charge in [-0.25, -0.2) is 8.42 Å². The third kappa shape index (κ3) is 5.33. The summed E-state index contributed by atoms with van der Waals surface area (Å²) in [5, 5.41) is 11.8. The maximum atomic E-state index is 13.2. The van der Waals surface area contributed by atoms with Gasteiger partial charge < -0.3 is 19.7 Å².